The quantitative estimate of drug-likeness (QED) is 0.495. The molecule has 18 heavy (non-hydrogen) atoms. The van der Waals surface area contributed by atoms with E-state index >= 15 is 0 Å². The molecule has 2 aliphatic rings. The second-order valence-electron chi connectivity index (χ2n) is 5.40. The number of fused-ring (bicyclic) bond motifs is 1. The van der Waals surface area contributed by atoms with Crippen LogP contribution < -0.4 is 11.3 Å². The van der Waals surface area contributed by atoms with E-state index in [9.17, 15) is 13.2 Å². The molecule has 0 heterocycles. The van der Waals surface area contributed by atoms with Gasteiger partial charge in [-0.25, -0.2) is 13.2 Å². The summed E-state index contributed by atoms with van der Waals surface area (Å²) in [7, 11) is 0. The van der Waals surface area contributed by atoms with Crippen LogP contribution in [0.2, 0.25) is 0 Å². The highest BCUT2D eigenvalue weighted by Gasteiger charge is 2.48. The van der Waals surface area contributed by atoms with Crippen LogP contribution in [-0.2, 0) is 0 Å². The van der Waals surface area contributed by atoms with E-state index < -0.39 is 23.5 Å². The fourth-order valence-electron chi connectivity index (χ4n) is 3.29. The van der Waals surface area contributed by atoms with Crippen molar-refractivity contribution in [2.45, 2.75) is 25.3 Å². The smallest absolute Gasteiger partial charge is 0.194 e. The van der Waals surface area contributed by atoms with Crippen molar-refractivity contribution < 1.29 is 13.2 Å². The highest BCUT2D eigenvalue weighted by Crippen LogP contribution is 2.57. The zero-order valence-corrected chi connectivity index (χ0v) is 9.80. The van der Waals surface area contributed by atoms with E-state index in [1.165, 1.54) is 12.5 Å². The van der Waals surface area contributed by atoms with Crippen LogP contribution in [-0.4, -0.2) is 0 Å². The van der Waals surface area contributed by atoms with Crippen LogP contribution in [0.5, 0.6) is 0 Å². The summed E-state index contributed by atoms with van der Waals surface area (Å²) in [6, 6.07) is 1.79. The third kappa shape index (κ3) is 1.82. The van der Waals surface area contributed by atoms with Crippen LogP contribution in [0, 0.1) is 35.2 Å². The first-order chi connectivity index (χ1) is 8.61. The first-order valence-electron chi connectivity index (χ1n) is 6.21. The lowest BCUT2D eigenvalue weighted by Gasteiger charge is -2.25. The summed E-state index contributed by atoms with van der Waals surface area (Å²) in [6.45, 7) is 0. The van der Waals surface area contributed by atoms with Crippen LogP contribution in [0.1, 0.15) is 30.9 Å². The molecule has 3 N–H and O–H groups in total. The Balaban J connectivity index is 1.89. The lowest BCUT2D eigenvalue weighted by molar-refractivity contribution is 0.329. The van der Waals surface area contributed by atoms with Crippen LogP contribution in [0.3, 0.4) is 0 Å². The number of benzene rings is 1. The number of hydrogen-bond donors (Lipinski definition) is 2. The van der Waals surface area contributed by atoms with E-state index in [1.54, 1.807) is 0 Å². The topological polar surface area (TPSA) is 38.0 Å². The van der Waals surface area contributed by atoms with E-state index in [0.29, 0.717) is 0 Å². The molecule has 5 heteroatoms. The maximum absolute atomic E-state index is 13.8. The van der Waals surface area contributed by atoms with Gasteiger partial charge in [-0.1, -0.05) is 6.07 Å². The molecule has 1 aromatic carbocycles. The van der Waals surface area contributed by atoms with Gasteiger partial charge in [-0.3, -0.25) is 11.3 Å². The molecular formula is C13H15F3N2. The van der Waals surface area contributed by atoms with Gasteiger partial charge in [0.1, 0.15) is 0 Å². The van der Waals surface area contributed by atoms with E-state index in [-0.39, 0.29) is 11.5 Å². The van der Waals surface area contributed by atoms with Gasteiger partial charge in [-0.15, -0.1) is 0 Å². The van der Waals surface area contributed by atoms with Crippen LogP contribution in [0.15, 0.2) is 12.1 Å². The standard InChI is InChI=1S/C13H15F3N2/c14-10-2-1-9(11(15)12(10)16)13(18-17)8-4-6-3-7(6)5-8/h1-2,6-8,13,18H,3-5,17H2. The predicted octanol–water partition coefficient (Wildman–Crippen LogP) is 2.65. The van der Waals surface area contributed by atoms with Crippen molar-refractivity contribution in [2.24, 2.45) is 23.6 Å². The van der Waals surface area contributed by atoms with Gasteiger partial charge in [-0.05, 0) is 43.1 Å². The van der Waals surface area contributed by atoms with E-state index in [2.05, 4.69) is 5.43 Å². The molecule has 3 unspecified atom stereocenters. The van der Waals surface area contributed by atoms with Gasteiger partial charge in [0.15, 0.2) is 17.5 Å². The number of hydrazine groups is 1. The molecule has 2 fully saturated rings. The molecule has 0 aliphatic heterocycles. The minimum atomic E-state index is -1.42. The monoisotopic (exact) mass is 256 g/mol. The fourth-order valence-corrected chi connectivity index (χ4v) is 3.29. The number of rotatable bonds is 3. The van der Waals surface area contributed by atoms with Crippen molar-refractivity contribution in [2.75, 3.05) is 0 Å². The summed E-state index contributed by atoms with van der Waals surface area (Å²) in [5, 5.41) is 0. The molecule has 0 radical (unpaired) electrons. The summed E-state index contributed by atoms with van der Waals surface area (Å²) in [6.07, 6.45) is 3.21. The molecule has 98 valence electrons. The van der Waals surface area contributed by atoms with Crippen molar-refractivity contribution in [3.8, 4) is 0 Å². The molecule has 2 saturated carbocycles. The molecule has 0 spiro atoms. The first-order valence-corrected chi connectivity index (χ1v) is 6.21. The molecule has 0 saturated heterocycles. The molecule has 3 rings (SSSR count). The minimum absolute atomic E-state index is 0.128. The van der Waals surface area contributed by atoms with Gasteiger partial charge >= 0.3 is 0 Å². The average Bonchev–Trinajstić information content (AvgIpc) is 2.97. The lowest BCUT2D eigenvalue weighted by Crippen LogP contribution is -2.34. The highest BCUT2D eigenvalue weighted by atomic mass is 19.2. The Morgan fingerprint density at radius 1 is 1.06 bits per heavy atom. The van der Waals surface area contributed by atoms with Gasteiger partial charge in [0.2, 0.25) is 0 Å². The molecule has 2 nitrogen and oxygen atoms in total. The van der Waals surface area contributed by atoms with Gasteiger partial charge in [0.25, 0.3) is 0 Å². The molecular weight excluding hydrogens is 241 g/mol. The average molecular weight is 256 g/mol. The Morgan fingerprint density at radius 2 is 1.72 bits per heavy atom. The van der Waals surface area contributed by atoms with Crippen LogP contribution in [0.4, 0.5) is 13.2 Å². The minimum Gasteiger partial charge on any atom is -0.271 e. The Labute approximate surface area is 103 Å². The van der Waals surface area contributed by atoms with Crippen molar-refractivity contribution in [1.29, 1.82) is 0 Å². The van der Waals surface area contributed by atoms with Crippen molar-refractivity contribution in [3.05, 3.63) is 35.1 Å². The molecule has 3 atom stereocenters. The normalized spacial score (nSPS) is 31.2. The third-order valence-electron chi connectivity index (χ3n) is 4.33. The van der Waals surface area contributed by atoms with E-state index in [1.807, 2.05) is 0 Å². The van der Waals surface area contributed by atoms with Gasteiger partial charge in [0, 0.05) is 5.56 Å². The predicted molar refractivity (Wildman–Crippen MR) is 60.7 cm³/mol. The second-order valence-corrected chi connectivity index (χ2v) is 5.40. The van der Waals surface area contributed by atoms with Crippen molar-refractivity contribution in [3.63, 3.8) is 0 Å². The molecule has 0 bridgehead atoms. The summed E-state index contributed by atoms with van der Waals surface area (Å²) in [4.78, 5) is 0. The fraction of sp³-hybridized carbons (Fsp3) is 0.538. The maximum Gasteiger partial charge on any atom is 0.194 e. The zero-order valence-electron chi connectivity index (χ0n) is 9.80. The Morgan fingerprint density at radius 3 is 2.33 bits per heavy atom. The van der Waals surface area contributed by atoms with E-state index in [0.717, 1.165) is 30.7 Å². The maximum atomic E-state index is 13.8. The Bertz CT molecular complexity index is 468. The molecule has 0 amide bonds. The molecule has 2 aliphatic carbocycles. The summed E-state index contributed by atoms with van der Waals surface area (Å²) in [5.41, 5.74) is 2.69. The number of halogens is 3. The van der Waals surface area contributed by atoms with Gasteiger partial charge in [0.05, 0.1) is 6.04 Å². The summed E-state index contributed by atoms with van der Waals surface area (Å²) in [5.74, 6) is 3.41. The highest BCUT2D eigenvalue weighted by molar-refractivity contribution is 5.25. The van der Waals surface area contributed by atoms with Crippen molar-refractivity contribution in [1.82, 2.24) is 5.43 Å². The Kier molecular flexibility index (Phi) is 2.83. The largest absolute Gasteiger partial charge is 0.271 e. The number of hydrogen-bond acceptors (Lipinski definition) is 2. The second kappa shape index (κ2) is 4.24. The number of nitrogens with one attached hydrogen (secondary N) is 1. The summed E-state index contributed by atoms with van der Waals surface area (Å²) >= 11 is 0. The van der Waals surface area contributed by atoms with Crippen LogP contribution >= 0.6 is 0 Å². The van der Waals surface area contributed by atoms with Gasteiger partial charge in [-0.2, -0.15) is 0 Å². The third-order valence-corrected chi connectivity index (χ3v) is 4.33. The van der Waals surface area contributed by atoms with Crippen molar-refractivity contribution >= 4 is 0 Å². The first kappa shape index (κ1) is 12.0. The SMILES string of the molecule is NNC(c1ccc(F)c(F)c1F)C1CC2CC2C1. The number of nitrogens with two attached hydrogens (primary N) is 1. The van der Waals surface area contributed by atoms with E-state index in [4.69, 9.17) is 5.84 Å². The molecule has 1 aromatic rings. The zero-order chi connectivity index (χ0) is 12.9. The Hall–Kier alpha value is -1.07. The summed E-state index contributed by atoms with van der Waals surface area (Å²) < 4.78 is 39.9. The lowest BCUT2D eigenvalue weighted by atomic mass is 9.89. The van der Waals surface area contributed by atoms with Gasteiger partial charge < -0.3 is 0 Å². The molecule has 0 aromatic heterocycles. The van der Waals surface area contributed by atoms with Crippen LogP contribution in [0.25, 0.3) is 0 Å².